The molecule has 1 aliphatic rings. The smallest absolute Gasteiger partial charge is 0.186 e. The van der Waals surface area contributed by atoms with Gasteiger partial charge in [-0.25, -0.2) is 0 Å². The van der Waals surface area contributed by atoms with E-state index in [0.717, 1.165) is 0 Å². The second kappa shape index (κ2) is 14.0. The zero-order valence-electron chi connectivity index (χ0n) is 22.5. The molecule has 1 aliphatic heterocycles. The lowest BCUT2D eigenvalue weighted by Crippen LogP contribution is -2.57. The van der Waals surface area contributed by atoms with Gasteiger partial charge in [0.2, 0.25) is 0 Å². The van der Waals surface area contributed by atoms with Gasteiger partial charge in [0.1, 0.15) is 52.7 Å². The summed E-state index contributed by atoms with van der Waals surface area (Å²) in [7, 11) is 4.43. The summed E-state index contributed by atoms with van der Waals surface area (Å²) in [5, 5.41) is 63.2. The van der Waals surface area contributed by atoms with E-state index in [1.807, 2.05) is 0 Å². The molecule has 0 amide bonds. The van der Waals surface area contributed by atoms with Gasteiger partial charge in [0.05, 0.1) is 46.8 Å². The van der Waals surface area contributed by atoms with Crippen LogP contribution < -0.4 is 19.5 Å². The van der Waals surface area contributed by atoms with Gasteiger partial charge in [0.15, 0.2) is 6.29 Å². The predicted molar refractivity (Wildman–Crippen MR) is 141 cm³/mol. The number of benzene rings is 2. The lowest BCUT2D eigenvalue weighted by atomic mass is 10.00. The quantitative estimate of drug-likeness (QED) is 0.137. The van der Waals surface area contributed by atoms with Crippen molar-refractivity contribution >= 4 is 11.4 Å². The van der Waals surface area contributed by atoms with Crippen LogP contribution in [0.4, 0.5) is 11.4 Å². The fraction of sp³-hybridized carbons (Fsp3) is 0.556. The molecule has 12 nitrogen and oxygen atoms in total. The zero-order valence-corrected chi connectivity index (χ0v) is 22.5. The van der Waals surface area contributed by atoms with Crippen LogP contribution in [0.15, 0.2) is 24.3 Å². The maximum absolute atomic E-state index is 11.1. The molecule has 1 fully saturated rings. The molecule has 0 aromatic heterocycles. The molecule has 218 valence electrons. The molecule has 0 aliphatic carbocycles. The highest BCUT2D eigenvalue weighted by atomic mass is 16.7. The molecule has 7 N–H and O–H groups in total. The zero-order chi connectivity index (χ0) is 28.7. The summed E-state index contributed by atoms with van der Waals surface area (Å²) in [6.45, 7) is 1.36. The third-order valence-electron chi connectivity index (χ3n) is 6.62. The average Bonchev–Trinajstić information content (AvgIpc) is 2.94. The van der Waals surface area contributed by atoms with Gasteiger partial charge in [-0.1, -0.05) is 6.07 Å². The Morgan fingerprint density at radius 1 is 0.923 bits per heavy atom. The average molecular weight is 554 g/mol. The highest BCUT2D eigenvalue weighted by Crippen LogP contribution is 2.45. The van der Waals surface area contributed by atoms with Crippen molar-refractivity contribution in [1.29, 1.82) is 0 Å². The van der Waals surface area contributed by atoms with E-state index in [9.17, 15) is 30.6 Å². The molecule has 2 aromatic carbocycles. The summed E-state index contributed by atoms with van der Waals surface area (Å²) in [6, 6.07) is 6.83. The molecule has 1 saturated heterocycles. The molecule has 0 spiro atoms. The molecule has 0 radical (unpaired) electrons. The van der Waals surface area contributed by atoms with Crippen molar-refractivity contribution in [3.05, 3.63) is 35.4 Å². The Labute approximate surface area is 227 Å². The minimum atomic E-state index is -1.38. The van der Waals surface area contributed by atoms with Crippen LogP contribution >= 0.6 is 0 Å². The van der Waals surface area contributed by atoms with Crippen molar-refractivity contribution in [2.45, 2.75) is 63.0 Å². The van der Waals surface area contributed by atoms with Crippen molar-refractivity contribution < 1.29 is 54.3 Å². The Morgan fingerprint density at radius 3 is 2.15 bits per heavy atom. The first-order valence-electron chi connectivity index (χ1n) is 12.7. The Hall–Kier alpha value is -2.84. The number of aliphatic hydroxyl groups excluding tert-OH is 5. The number of methoxy groups -OCH3 is 3. The van der Waals surface area contributed by atoms with Crippen LogP contribution in [0.2, 0.25) is 0 Å². The molecular formula is C27H39NO11. The Morgan fingerprint density at radius 2 is 1.56 bits per heavy atom. The van der Waals surface area contributed by atoms with Crippen LogP contribution in [0, 0.1) is 0 Å². The molecule has 2 aromatic rings. The van der Waals surface area contributed by atoms with Crippen molar-refractivity contribution in [3.63, 3.8) is 0 Å². The first-order chi connectivity index (χ1) is 18.6. The molecule has 3 rings (SSSR count). The predicted octanol–water partition coefficient (Wildman–Crippen LogP) is 0.834. The normalized spacial score (nSPS) is 23.8. The van der Waals surface area contributed by atoms with E-state index < -0.39 is 36.8 Å². The van der Waals surface area contributed by atoms with Gasteiger partial charge in [0, 0.05) is 6.42 Å². The summed E-state index contributed by atoms with van der Waals surface area (Å²) < 4.78 is 27.6. The molecule has 39 heavy (non-hydrogen) atoms. The van der Waals surface area contributed by atoms with Crippen molar-refractivity contribution in [2.24, 2.45) is 0 Å². The van der Waals surface area contributed by atoms with Crippen LogP contribution in [-0.4, -0.2) is 102 Å². The minimum Gasteiger partial charge on any atom is -0.505 e. The number of phenols is 1. The Balaban J connectivity index is 1.76. The lowest BCUT2D eigenvalue weighted by Gasteiger charge is -2.38. The first-order valence-corrected chi connectivity index (χ1v) is 12.7. The van der Waals surface area contributed by atoms with E-state index in [-0.39, 0.29) is 31.1 Å². The molecule has 0 saturated carbocycles. The van der Waals surface area contributed by atoms with Gasteiger partial charge in [-0.05, 0) is 49.1 Å². The van der Waals surface area contributed by atoms with Gasteiger partial charge in [-0.15, -0.1) is 0 Å². The fourth-order valence-corrected chi connectivity index (χ4v) is 4.39. The second-order valence-corrected chi connectivity index (χ2v) is 9.35. The fourth-order valence-electron chi connectivity index (χ4n) is 4.39. The van der Waals surface area contributed by atoms with Crippen LogP contribution in [0.25, 0.3) is 0 Å². The number of aryl methyl sites for hydroxylation is 1. The van der Waals surface area contributed by atoms with Gasteiger partial charge < -0.3 is 59.6 Å². The third-order valence-corrected chi connectivity index (χ3v) is 6.62. The molecule has 6 atom stereocenters. The van der Waals surface area contributed by atoms with Gasteiger partial charge >= 0.3 is 0 Å². The molecule has 12 heteroatoms. The van der Waals surface area contributed by atoms with Crippen LogP contribution in [0.1, 0.15) is 24.5 Å². The maximum Gasteiger partial charge on any atom is 0.186 e. The summed E-state index contributed by atoms with van der Waals surface area (Å²) in [4.78, 5) is 0. The Bertz CT molecular complexity index is 1060. The van der Waals surface area contributed by atoms with E-state index in [1.165, 1.54) is 21.3 Å². The number of aliphatic hydroxyl groups is 5. The van der Waals surface area contributed by atoms with Crippen molar-refractivity contribution in [3.8, 4) is 23.0 Å². The molecule has 0 unspecified atom stereocenters. The van der Waals surface area contributed by atoms with Crippen LogP contribution in [0.3, 0.4) is 0 Å². The highest BCUT2D eigenvalue weighted by Gasteiger charge is 2.42. The second-order valence-electron chi connectivity index (χ2n) is 9.35. The number of nitrogens with one attached hydrogen (secondary N) is 1. The summed E-state index contributed by atoms with van der Waals surface area (Å²) in [5.41, 5.74) is 1.99. The summed E-state index contributed by atoms with van der Waals surface area (Å²) >= 11 is 0. The Kier molecular flexibility index (Phi) is 11.0. The lowest BCUT2D eigenvalue weighted by molar-refractivity contribution is -0.293. The van der Waals surface area contributed by atoms with E-state index in [2.05, 4.69) is 5.32 Å². The van der Waals surface area contributed by atoms with E-state index in [4.69, 9.17) is 23.7 Å². The van der Waals surface area contributed by atoms with E-state index in [1.54, 1.807) is 31.2 Å². The number of ether oxygens (including phenoxy) is 5. The van der Waals surface area contributed by atoms with Gasteiger partial charge in [-0.2, -0.15) is 0 Å². The maximum atomic E-state index is 11.1. The third kappa shape index (κ3) is 7.22. The standard InChI is InChI=1S/C27H39NO11/c1-14-23(31)25(33)26(34)27(39-14)38-9-5-6-16-7-8-18(35-2)22(24(16)32)28-21-19(36-3)11-15(10-17(30)13-29)12-20(21)37-4/h7-8,11-12,14,17,23,25-34H,5-6,9-10,13H2,1-4H3/t14-,17-,23-,25+,26+,27+/m0/s1. The topological polar surface area (TPSA) is 180 Å². The molecular weight excluding hydrogens is 514 g/mol. The van der Waals surface area contributed by atoms with E-state index in [0.29, 0.717) is 46.9 Å². The molecule has 0 bridgehead atoms. The van der Waals surface area contributed by atoms with Gasteiger partial charge in [0.25, 0.3) is 0 Å². The minimum absolute atomic E-state index is 0.0562. The first kappa shape index (κ1) is 30.7. The number of aromatic hydroxyl groups is 1. The number of hydrogen-bond acceptors (Lipinski definition) is 12. The number of phenolic OH excluding ortho intramolecular Hbond substituents is 1. The highest BCUT2D eigenvalue weighted by molar-refractivity contribution is 5.80. The van der Waals surface area contributed by atoms with Crippen molar-refractivity contribution in [2.75, 3.05) is 39.9 Å². The van der Waals surface area contributed by atoms with Crippen molar-refractivity contribution in [1.82, 2.24) is 0 Å². The number of anilines is 2. The summed E-state index contributed by atoms with van der Waals surface area (Å²) in [5.74, 6) is 1.10. The monoisotopic (exact) mass is 553 g/mol. The van der Waals surface area contributed by atoms with Gasteiger partial charge in [-0.3, -0.25) is 0 Å². The SMILES string of the molecule is COc1cc(C[C@H](O)CO)cc(OC)c1Nc1c(OC)ccc(CCCO[C@@H]2O[C@@H](C)[C@H](O)[C@@H](O)[C@H]2O)c1O. The number of hydrogen-bond donors (Lipinski definition) is 7. The van der Waals surface area contributed by atoms with E-state index >= 15 is 0 Å². The summed E-state index contributed by atoms with van der Waals surface area (Å²) in [6.07, 6.45) is -5.63. The van der Waals surface area contributed by atoms with Crippen LogP contribution in [0.5, 0.6) is 23.0 Å². The number of rotatable bonds is 13. The van der Waals surface area contributed by atoms with Crippen LogP contribution in [-0.2, 0) is 22.3 Å². The molecule has 1 heterocycles. The largest absolute Gasteiger partial charge is 0.505 e.